The molecule has 3 rings (SSSR count). The van der Waals surface area contributed by atoms with E-state index < -0.39 is 4.92 Å². The smallest absolute Gasteiger partial charge is 0.258 e. The fourth-order valence-corrected chi connectivity index (χ4v) is 3.01. The van der Waals surface area contributed by atoms with E-state index in [4.69, 9.17) is 0 Å². The van der Waals surface area contributed by atoms with Crippen LogP contribution in [0.3, 0.4) is 0 Å². The van der Waals surface area contributed by atoms with Crippen molar-refractivity contribution in [3.8, 4) is 0 Å². The first-order chi connectivity index (χ1) is 10.1. The quantitative estimate of drug-likeness (QED) is 0.546. The zero-order valence-electron chi connectivity index (χ0n) is 11.3. The molecule has 0 saturated carbocycles. The number of hydrogen-bond acceptors (Lipinski definition) is 5. The summed E-state index contributed by atoms with van der Waals surface area (Å²) in [6.07, 6.45) is 1.54. The molecule has 0 radical (unpaired) electrons. The lowest BCUT2D eigenvalue weighted by Gasteiger charge is -2.00. The number of thiazole rings is 1. The van der Waals surface area contributed by atoms with Crippen molar-refractivity contribution in [3.05, 3.63) is 56.7 Å². The number of hydrogen-bond donors (Lipinski definition) is 0. The highest BCUT2D eigenvalue weighted by molar-refractivity contribution is 7.09. The maximum Gasteiger partial charge on any atom is 0.281 e. The number of aryl methyl sites for hydroxylation is 1. The molecule has 0 aliphatic heterocycles. The van der Waals surface area contributed by atoms with Crippen molar-refractivity contribution < 1.29 is 4.92 Å². The van der Waals surface area contributed by atoms with Crippen molar-refractivity contribution in [1.82, 2.24) is 14.8 Å². The molecule has 0 aliphatic rings. The number of fused-ring (bicyclic) bond motifs is 1. The maximum absolute atomic E-state index is 11.2. The molecule has 0 bridgehead atoms. The van der Waals surface area contributed by atoms with Crippen LogP contribution in [0.2, 0.25) is 0 Å². The van der Waals surface area contributed by atoms with Crippen LogP contribution >= 0.6 is 11.3 Å². The lowest BCUT2D eigenvalue weighted by atomic mass is 10.1. The second kappa shape index (κ2) is 5.10. The van der Waals surface area contributed by atoms with Crippen LogP contribution in [0, 0.1) is 17.0 Å². The van der Waals surface area contributed by atoms with Gasteiger partial charge in [0.05, 0.1) is 22.7 Å². The summed E-state index contributed by atoms with van der Waals surface area (Å²) in [6.45, 7) is 6.12. The first kappa shape index (κ1) is 13.4. The lowest BCUT2D eigenvalue weighted by molar-refractivity contribution is -0.383. The summed E-state index contributed by atoms with van der Waals surface area (Å²) in [5.41, 5.74) is 2.24. The minimum Gasteiger partial charge on any atom is -0.258 e. The first-order valence-electron chi connectivity index (χ1n) is 6.27. The van der Waals surface area contributed by atoms with Gasteiger partial charge in [0.15, 0.2) is 0 Å². The summed E-state index contributed by atoms with van der Waals surface area (Å²) in [6, 6.07) is 4.97. The minimum absolute atomic E-state index is 0.0453. The summed E-state index contributed by atoms with van der Waals surface area (Å²) in [7, 11) is 0. The van der Waals surface area contributed by atoms with E-state index in [0.29, 0.717) is 23.1 Å². The molecule has 0 spiro atoms. The fourth-order valence-electron chi connectivity index (χ4n) is 2.26. The van der Waals surface area contributed by atoms with Crippen molar-refractivity contribution in [2.75, 3.05) is 0 Å². The Labute approximate surface area is 124 Å². The molecule has 0 fully saturated rings. The Balaban J connectivity index is 2.18. The zero-order valence-corrected chi connectivity index (χ0v) is 12.1. The third kappa shape index (κ3) is 2.31. The summed E-state index contributed by atoms with van der Waals surface area (Å²) in [5, 5.41) is 19.0. The number of rotatable bonds is 4. The summed E-state index contributed by atoms with van der Waals surface area (Å²) < 4.78 is 1.73. The first-order valence-corrected chi connectivity index (χ1v) is 7.15. The SMILES string of the molecule is C=Cc1nn(Cc2nc(C)cs2)c2cccc([N+](=O)[O-])c12. The Bertz CT molecular complexity index is 850. The maximum atomic E-state index is 11.2. The number of nitro groups is 1. The van der Waals surface area contributed by atoms with Crippen LogP contribution in [-0.2, 0) is 6.54 Å². The fraction of sp³-hybridized carbons (Fsp3) is 0.143. The van der Waals surface area contributed by atoms with Crippen LogP contribution in [-0.4, -0.2) is 19.7 Å². The highest BCUT2D eigenvalue weighted by atomic mass is 32.1. The lowest BCUT2D eigenvalue weighted by Crippen LogP contribution is -2.01. The van der Waals surface area contributed by atoms with Gasteiger partial charge in [0.2, 0.25) is 0 Å². The Morgan fingerprint density at radius 3 is 2.95 bits per heavy atom. The highest BCUT2D eigenvalue weighted by Crippen LogP contribution is 2.29. The largest absolute Gasteiger partial charge is 0.281 e. The Hall–Kier alpha value is -2.54. The molecule has 0 unspecified atom stereocenters. The van der Waals surface area contributed by atoms with Crippen molar-refractivity contribution in [2.45, 2.75) is 13.5 Å². The topological polar surface area (TPSA) is 73.8 Å². The van der Waals surface area contributed by atoms with Gasteiger partial charge >= 0.3 is 0 Å². The van der Waals surface area contributed by atoms with Gasteiger partial charge in [-0.2, -0.15) is 5.10 Å². The van der Waals surface area contributed by atoms with Gasteiger partial charge < -0.3 is 0 Å². The van der Waals surface area contributed by atoms with E-state index in [1.165, 1.54) is 6.07 Å². The molecule has 7 heteroatoms. The normalized spacial score (nSPS) is 10.9. The second-order valence-corrected chi connectivity index (χ2v) is 5.50. The molecule has 0 atom stereocenters. The van der Waals surface area contributed by atoms with Gasteiger partial charge in [0.1, 0.15) is 10.4 Å². The van der Waals surface area contributed by atoms with Crippen LogP contribution in [0.1, 0.15) is 16.4 Å². The Morgan fingerprint density at radius 2 is 2.33 bits per heavy atom. The van der Waals surface area contributed by atoms with Crippen LogP contribution in [0.15, 0.2) is 30.2 Å². The number of nitrogens with zero attached hydrogens (tertiary/aromatic N) is 4. The molecule has 0 saturated heterocycles. The number of aromatic nitrogens is 3. The predicted octanol–water partition coefficient (Wildman–Crippen LogP) is 3.40. The molecule has 2 aromatic heterocycles. The van der Waals surface area contributed by atoms with E-state index in [9.17, 15) is 10.1 Å². The molecule has 0 amide bonds. The van der Waals surface area contributed by atoms with Gasteiger partial charge in [-0.05, 0) is 19.1 Å². The zero-order chi connectivity index (χ0) is 15.0. The van der Waals surface area contributed by atoms with Gasteiger partial charge in [-0.1, -0.05) is 12.6 Å². The van der Waals surface area contributed by atoms with E-state index in [0.717, 1.165) is 10.7 Å². The highest BCUT2D eigenvalue weighted by Gasteiger charge is 2.19. The van der Waals surface area contributed by atoms with Gasteiger partial charge in [0, 0.05) is 17.1 Å². The number of non-ortho nitro benzene ring substituents is 1. The molecule has 106 valence electrons. The Kier molecular flexibility index (Phi) is 3.26. The average Bonchev–Trinajstić information content (AvgIpc) is 3.03. The minimum atomic E-state index is -0.394. The van der Waals surface area contributed by atoms with Crippen LogP contribution in [0.4, 0.5) is 5.69 Å². The molecule has 2 heterocycles. The van der Waals surface area contributed by atoms with Crippen molar-refractivity contribution in [3.63, 3.8) is 0 Å². The van der Waals surface area contributed by atoms with E-state index in [2.05, 4.69) is 16.7 Å². The van der Waals surface area contributed by atoms with E-state index in [1.54, 1.807) is 28.2 Å². The second-order valence-electron chi connectivity index (χ2n) is 4.56. The van der Waals surface area contributed by atoms with Crippen molar-refractivity contribution >= 4 is 34.0 Å². The summed E-state index contributed by atoms with van der Waals surface area (Å²) in [4.78, 5) is 15.2. The monoisotopic (exact) mass is 300 g/mol. The van der Waals surface area contributed by atoms with E-state index in [1.807, 2.05) is 18.4 Å². The molecule has 1 aromatic carbocycles. The summed E-state index contributed by atoms with van der Waals surface area (Å²) >= 11 is 1.55. The molecule has 3 aromatic rings. The van der Waals surface area contributed by atoms with Crippen LogP contribution in [0.25, 0.3) is 17.0 Å². The van der Waals surface area contributed by atoms with Crippen LogP contribution < -0.4 is 0 Å². The van der Waals surface area contributed by atoms with Crippen LogP contribution in [0.5, 0.6) is 0 Å². The van der Waals surface area contributed by atoms with Gasteiger partial charge in [-0.25, -0.2) is 4.98 Å². The third-order valence-electron chi connectivity index (χ3n) is 3.12. The summed E-state index contributed by atoms with van der Waals surface area (Å²) in [5.74, 6) is 0. The molecule has 21 heavy (non-hydrogen) atoms. The van der Waals surface area contributed by atoms with Gasteiger partial charge in [0.25, 0.3) is 5.69 Å². The molecule has 6 nitrogen and oxygen atoms in total. The van der Waals surface area contributed by atoms with Crippen molar-refractivity contribution in [2.24, 2.45) is 0 Å². The number of benzene rings is 1. The number of nitro benzene ring substituents is 1. The Morgan fingerprint density at radius 1 is 1.52 bits per heavy atom. The molecular weight excluding hydrogens is 288 g/mol. The van der Waals surface area contributed by atoms with Gasteiger partial charge in [-0.3, -0.25) is 14.8 Å². The van der Waals surface area contributed by atoms with Crippen molar-refractivity contribution in [1.29, 1.82) is 0 Å². The van der Waals surface area contributed by atoms with E-state index >= 15 is 0 Å². The van der Waals surface area contributed by atoms with E-state index in [-0.39, 0.29) is 5.69 Å². The molecular formula is C14H12N4O2S. The molecule has 0 aliphatic carbocycles. The molecule has 0 N–H and O–H groups in total. The standard InChI is InChI=1S/C14H12N4O2S/c1-3-10-14-11(5-4-6-12(14)18(19)20)17(16-10)7-13-15-9(2)8-21-13/h3-6,8H,1,7H2,2H3. The third-order valence-corrected chi connectivity index (χ3v) is 4.08. The predicted molar refractivity (Wildman–Crippen MR) is 82.4 cm³/mol. The van der Waals surface area contributed by atoms with Gasteiger partial charge in [-0.15, -0.1) is 11.3 Å². The average molecular weight is 300 g/mol.